The molecule has 1 aliphatic carbocycles. The van der Waals surface area contributed by atoms with Crippen LogP contribution in [0.5, 0.6) is 0 Å². The molecule has 2 amide bonds. The van der Waals surface area contributed by atoms with Crippen molar-refractivity contribution in [3.05, 3.63) is 22.4 Å². The molecule has 0 radical (unpaired) electrons. The lowest BCUT2D eigenvalue weighted by molar-refractivity contribution is -0.130. The first kappa shape index (κ1) is 18.4. The number of carbonyl (C=O) groups is 2. The van der Waals surface area contributed by atoms with Gasteiger partial charge in [0.1, 0.15) is 0 Å². The van der Waals surface area contributed by atoms with Crippen molar-refractivity contribution in [3.63, 3.8) is 0 Å². The van der Waals surface area contributed by atoms with Crippen molar-refractivity contribution in [2.75, 3.05) is 26.2 Å². The molecule has 0 spiro atoms. The molecule has 2 heterocycles. The van der Waals surface area contributed by atoms with Crippen LogP contribution in [-0.4, -0.2) is 65.9 Å². The maximum absolute atomic E-state index is 12.4. The smallest absolute Gasteiger partial charge is 0.237 e. The Kier molecular flexibility index (Phi) is 6.09. The molecule has 138 valence electrons. The zero-order valence-electron chi connectivity index (χ0n) is 15.0. The summed E-state index contributed by atoms with van der Waals surface area (Å²) in [5.41, 5.74) is 0. The van der Waals surface area contributed by atoms with Crippen LogP contribution < -0.4 is 10.6 Å². The average molecular weight is 365 g/mol. The minimum Gasteiger partial charge on any atom is -0.352 e. The third kappa shape index (κ3) is 5.03. The lowest BCUT2D eigenvalue weighted by Crippen LogP contribution is -2.57. The fourth-order valence-corrected chi connectivity index (χ4v) is 3.77. The summed E-state index contributed by atoms with van der Waals surface area (Å²) in [5, 5.41) is 8.11. The molecule has 0 aromatic carbocycles. The molecule has 1 aliphatic heterocycles. The second-order valence-electron chi connectivity index (χ2n) is 7.00. The van der Waals surface area contributed by atoms with Crippen molar-refractivity contribution < 1.29 is 9.59 Å². The topological polar surface area (TPSA) is 64.7 Å². The monoisotopic (exact) mass is 364 g/mol. The number of carbonyl (C=O) groups excluding carboxylic acids is 2. The number of nitrogens with one attached hydrogen (secondary N) is 2. The van der Waals surface area contributed by atoms with Gasteiger partial charge in [-0.2, -0.15) is 0 Å². The molecule has 6 nitrogen and oxygen atoms in total. The van der Waals surface area contributed by atoms with E-state index in [1.165, 1.54) is 4.88 Å². The van der Waals surface area contributed by atoms with Crippen LogP contribution in [0.15, 0.2) is 17.5 Å². The quantitative estimate of drug-likeness (QED) is 0.759. The van der Waals surface area contributed by atoms with E-state index in [4.69, 9.17) is 0 Å². The normalized spacial score (nSPS) is 21.5. The van der Waals surface area contributed by atoms with Crippen molar-refractivity contribution in [1.29, 1.82) is 0 Å². The van der Waals surface area contributed by atoms with Gasteiger partial charge in [-0.05, 0) is 38.1 Å². The number of piperazine rings is 1. The molecular formula is C18H28N4O2S. The van der Waals surface area contributed by atoms with E-state index >= 15 is 0 Å². The first-order valence-corrected chi connectivity index (χ1v) is 10.0. The van der Waals surface area contributed by atoms with Gasteiger partial charge in [-0.1, -0.05) is 6.07 Å². The Morgan fingerprint density at radius 2 is 1.72 bits per heavy atom. The number of hydrogen-bond donors (Lipinski definition) is 2. The van der Waals surface area contributed by atoms with Gasteiger partial charge < -0.3 is 10.6 Å². The van der Waals surface area contributed by atoms with Gasteiger partial charge in [-0.25, -0.2) is 0 Å². The van der Waals surface area contributed by atoms with E-state index in [1.807, 2.05) is 31.4 Å². The molecule has 2 atom stereocenters. The van der Waals surface area contributed by atoms with Crippen LogP contribution in [0.4, 0.5) is 0 Å². The zero-order valence-corrected chi connectivity index (χ0v) is 15.8. The molecule has 1 aromatic rings. The van der Waals surface area contributed by atoms with Gasteiger partial charge in [-0.15, -0.1) is 11.3 Å². The Morgan fingerprint density at radius 3 is 2.24 bits per heavy atom. The third-order valence-electron chi connectivity index (χ3n) is 5.14. The van der Waals surface area contributed by atoms with E-state index in [2.05, 4.69) is 20.4 Å². The first-order chi connectivity index (χ1) is 12.0. The van der Waals surface area contributed by atoms with Gasteiger partial charge in [0.05, 0.1) is 18.6 Å². The highest BCUT2D eigenvalue weighted by atomic mass is 32.1. The summed E-state index contributed by atoms with van der Waals surface area (Å²) >= 11 is 1.65. The number of rotatable bonds is 7. The van der Waals surface area contributed by atoms with E-state index < -0.39 is 0 Å². The molecular weight excluding hydrogens is 336 g/mol. The summed E-state index contributed by atoms with van der Waals surface area (Å²) < 4.78 is 0. The molecule has 1 saturated heterocycles. The molecule has 7 heteroatoms. The molecule has 2 N–H and O–H groups in total. The minimum atomic E-state index is -0.141. The number of hydrogen-bond acceptors (Lipinski definition) is 5. The Bertz CT molecular complexity index is 580. The van der Waals surface area contributed by atoms with Crippen LogP contribution in [0.25, 0.3) is 0 Å². The first-order valence-electron chi connectivity index (χ1n) is 9.13. The number of nitrogens with zero attached hydrogens (tertiary/aromatic N) is 2. The van der Waals surface area contributed by atoms with E-state index in [1.54, 1.807) is 11.3 Å². The summed E-state index contributed by atoms with van der Waals surface area (Å²) in [6.45, 7) is 7.80. The highest BCUT2D eigenvalue weighted by molar-refractivity contribution is 7.09. The summed E-state index contributed by atoms with van der Waals surface area (Å²) in [6, 6.07) is 4.20. The second kappa shape index (κ2) is 8.29. The largest absolute Gasteiger partial charge is 0.352 e. The third-order valence-corrected chi connectivity index (χ3v) is 6.02. The zero-order chi connectivity index (χ0) is 17.8. The molecule has 2 fully saturated rings. The van der Waals surface area contributed by atoms with Crippen LogP contribution in [0, 0.1) is 0 Å². The molecule has 1 saturated carbocycles. The van der Waals surface area contributed by atoms with Crippen LogP contribution in [0.3, 0.4) is 0 Å². The van der Waals surface area contributed by atoms with Gasteiger partial charge in [0, 0.05) is 37.1 Å². The molecule has 3 rings (SSSR count). The van der Waals surface area contributed by atoms with Crippen molar-refractivity contribution in [3.8, 4) is 0 Å². The minimum absolute atomic E-state index is 0.0707. The molecule has 2 unspecified atom stereocenters. The van der Waals surface area contributed by atoms with E-state index in [0.29, 0.717) is 12.6 Å². The maximum Gasteiger partial charge on any atom is 0.237 e. The number of amides is 2. The predicted octanol–water partition coefficient (Wildman–Crippen LogP) is 1.04. The van der Waals surface area contributed by atoms with Crippen LogP contribution in [0.1, 0.15) is 31.6 Å². The predicted molar refractivity (Wildman–Crippen MR) is 99.4 cm³/mol. The second-order valence-corrected chi connectivity index (χ2v) is 8.04. The van der Waals surface area contributed by atoms with Gasteiger partial charge in [0.2, 0.25) is 11.8 Å². The molecule has 2 aliphatic rings. The van der Waals surface area contributed by atoms with Gasteiger partial charge in [0.25, 0.3) is 0 Å². The van der Waals surface area contributed by atoms with Crippen molar-refractivity contribution in [2.24, 2.45) is 0 Å². The summed E-state index contributed by atoms with van der Waals surface area (Å²) in [7, 11) is 0. The number of thiophene rings is 1. The lowest BCUT2D eigenvalue weighted by atomic mass is 10.1. The Labute approximate surface area is 153 Å². The standard InChI is InChI=1S/C18H28N4O2S/c1-13(17(23)19-12-16-4-3-11-25-16)21-7-9-22(10-8-21)14(2)18(24)20-15-5-6-15/h3-4,11,13-15H,5-10,12H2,1-2H3,(H,19,23)(H,20,24). The summed E-state index contributed by atoms with van der Waals surface area (Å²) in [4.78, 5) is 30.1. The highest BCUT2D eigenvalue weighted by Gasteiger charge is 2.31. The fourth-order valence-electron chi connectivity index (χ4n) is 3.13. The van der Waals surface area contributed by atoms with E-state index in [-0.39, 0.29) is 23.9 Å². The maximum atomic E-state index is 12.4. The Morgan fingerprint density at radius 1 is 1.12 bits per heavy atom. The molecule has 25 heavy (non-hydrogen) atoms. The molecule has 0 bridgehead atoms. The van der Waals surface area contributed by atoms with Crippen molar-refractivity contribution in [1.82, 2.24) is 20.4 Å². The molecule has 1 aromatic heterocycles. The summed E-state index contributed by atoms with van der Waals surface area (Å²) in [6.07, 6.45) is 2.23. The Hall–Kier alpha value is -1.44. The average Bonchev–Trinajstić information content (AvgIpc) is 3.29. The Balaban J connectivity index is 1.41. The lowest BCUT2D eigenvalue weighted by Gasteiger charge is -2.39. The van der Waals surface area contributed by atoms with Crippen LogP contribution in [0.2, 0.25) is 0 Å². The van der Waals surface area contributed by atoms with Gasteiger partial charge >= 0.3 is 0 Å². The van der Waals surface area contributed by atoms with E-state index in [0.717, 1.165) is 39.0 Å². The van der Waals surface area contributed by atoms with Gasteiger partial charge in [-0.3, -0.25) is 19.4 Å². The summed E-state index contributed by atoms with van der Waals surface area (Å²) in [5.74, 6) is 0.207. The van der Waals surface area contributed by atoms with Gasteiger partial charge in [0.15, 0.2) is 0 Å². The van der Waals surface area contributed by atoms with Crippen molar-refractivity contribution in [2.45, 2.75) is 51.4 Å². The van der Waals surface area contributed by atoms with Crippen LogP contribution in [-0.2, 0) is 16.1 Å². The SMILES string of the molecule is CC(C(=O)NCc1cccs1)N1CCN(C(C)C(=O)NC2CC2)CC1. The van der Waals surface area contributed by atoms with Crippen LogP contribution >= 0.6 is 11.3 Å². The van der Waals surface area contributed by atoms with Crippen molar-refractivity contribution >= 4 is 23.2 Å². The highest BCUT2D eigenvalue weighted by Crippen LogP contribution is 2.19. The fraction of sp³-hybridized carbons (Fsp3) is 0.667. The van der Waals surface area contributed by atoms with E-state index in [9.17, 15) is 9.59 Å².